The molecule has 30 heavy (non-hydrogen) atoms. The summed E-state index contributed by atoms with van der Waals surface area (Å²) in [6.45, 7) is 2.61. The fraction of sp³-hybridized carbons (Fsp3) is 0.120. The minimum atomic E-state index is -0.447. The van der Waals surface area contributed by atoms with Gasteiger partial charge in [0, 0.05) is 11.1 Å². The van der Waals surface area contributed by atoms with E-state index in [0.717, 1.165) is 22.8 Å². The molecule has 0 spiro atoms. The first-order chi connectivity index (χ1) is 14.6. The van der Waals surface area contributed by atoms with Crippen LogP contribution in [0.1, 0.15) is 24.5 Å². The Morgan fingerprint density at radius 3 is 2.40 bits per heavy atom. The van der Waals surface area contributed by atoms with Gasteiger partial charge in [-0.2, -0.15) is 0 Å². The molecular formula is C25H18F2N2O. The molecule has 3 aromatic carbocycles. The third-order valence-electron chi connectivity index (χ3n) is 4.47. The standard InChI is InChI=1S/C25H18F2N2O/c1-2-11-30-23-15-28-25(29-16-23)21-8-7-18(24(27)14-21)5-3-17-4-6-20-13-22(26)10-9-19(20)12-17/h4,6-10,12-16H,2,11H2,1H3. The number of halogens is 2. The Balaban J connectivity index is 1.55. The summed E-state index contributed by atoms with van der Waals surface area (Å²) in [5.74, 6) is 6.09. The second-order valence-electron chi connectivity index (χ2n) is 6.74. The highest BCUT2D eigenvalue weighted by Gasteiger charge is 2.07. The first kappa shape index (κ1) is 19.5. The van der Waals surface area contributed by atoms with E-state index in [9.17, 15) is 8.78 Å². The van der Waals surface area contributed by atoms with Gasteiger partial charge in [0.05, 0.1) is 24.6 Å². The van der Waals surface area contributed by atoms with Gasteiger partial charge in [0.15, 0.2) is 11.6 Å². The van der Waals surface area contributed by atoms with E-state index >= 15 is 0 Å². The fourth-order valence-electron chi connectivity index (χ4n) is 2.95. The summed E-state index contributed by atoms with van der Waals surface area (Å²) in [4.78, 5) is 8.47. The van der Waals surface area contributed by atoms with Crippen LogP contribution in [-0.4, -0.2) is 16.6 Å². The van der Waals surface area contributed by atoms with Crippen molar-refractivity contribution in [2.75, 3.05) is 6.61 Å². The van der Waals surface area contributed by atoms with E-state index in [2.05, 4.69) is 21.8 Å². The fourth-order valence-corrected chi connectivity index (χ4v) is 2.95. The molecule has 1 aromatic heterocycles. The Labute approximate surface area is 173 Å². The summed E-state index contributed by atoms with van der Waals surface area (Å²) in [5.41, 5.74) is 1.57. The monoisotopic (exact) mass is 400 g/mol. The molecule has 0 bridgehead atoms. The van der Waals surface area contributed by atoms with Crippen LogP contribution >= 0.6 is 0 Å². The van der Waals surface area contributed by atoms with Crippen molar-refractivity contribution in [3.8, 4) is 29.0 Å². The van der Waals surface area contributed by atoms with Crippen molar-refractivity contribution in [3.05, 3.63) is 89.8 Å². The van der Waals surface area contributed by atoms with Crippen LogP contribution in [0, 0.1) is 23.5 Å². The minimum Gasteiger partial charge on any atom is -0.490 e. The normalized spacial score (nSPS) is 10.5. The molecule has 0 aliphatic heterocycles. The number of fused-ring (bicyclic) bond motifs is 1. The summed E-state index contributed by atoms with van der Waals surface area (Å²) >= 11 is 0. The summed E-state index contributed by atoms with van der Waals surface area (Å²) in [6, 6.07) is 14.7. The molecule has 3 nitrogen and oxygen atoms in total. The Morgan fingerprint density at radius 1 is 0.867 bits per heavy atom. The lowest BCUT2D eigenvalue weighted by atomic mass is 10.1. The van der Waals surface area contributed by atoms with E-state index in [1.165, 1.54) is 18.2 Å². The highest BCUT2D eigenvalue weighted by atomic mass is 19.1. The van der Waals surface area contributed by atoms with E-state index in [4.69, 9.17) is 4.74 Å². The Hall–Kier alpha value is -3.78. The van der Waals surface area contributed by atoms with Gasteiger partial charge in [0.2, 0.25) is 0 Å². The Kier molecular flexibility index (Phi) is 5.67. The van der Waals surface area contributed by atoms with Crippen LogP contribution in [0.4, 0.5) is 8.78 Å². The van der Waals surface area contributed by atoms with Crippen molar-refractivity contribution >= 4 is 10.8 Å². The number of ether oxygens (including phenoxy) is 1. The predicted octanol–water partition coefficient (Wildman–Crippen LogP) is 5.76. The first-order valence-corrected chi connectivity index (χ1v) is 9.58. The van der Waals surface area contributed by atoms with E-state index in [1.807, 2.05) is 13.0 Å². The van der Waals surface area contributed by atoms with Crippen molar-refractivity contribution in [1.29, 1.82) is 0 Å². The smallest absolute Gasteiger partial charge is 0.159 e. The number of aromatic nitrogens is 2. The zero-order chi connectivity index (χ0) is 20.9. The number of rotatable bonds is 4. The van der Waals surface area contributed by atoms with Crippen LogP contribution in [0.5, 0.6) is 5.75 Å². The maximum Gasteiger partial charge on any atom is 0.159 e. The van der Waals surface area contributed by atoms with Gasteiger partial charge in [-0.25, -0.2) is 18.7 Å². The first-order valence-electron chi connectivity index (χ1n) is 9.58. The lowest BCUT2D eigenvalue weighted by molar-refractivity contribution is 0.315. The number of benzene rings is 3. The summed E-state index contributed by atoms with van der Waals surface area (Å²) in [7, 11) is 0. The van der Waals surface area contributed by atoms with Crippen LogP contribution in [-0.2, 0) is 0 Å². The van der Waals surface area contributed by atoms with Crippen LogP contribution in [0.25, 0.3) is 22.2 Å². The number of hydrogen-bond donors (Lipinski definition) is 0. The molecule has 0 unspecified atom stereocenters. The van der Waals surface area contributed by atoms with Gasteiger partial charge in [-0.3, -0.25) is 0 Å². The molecule has 0 saturated carbocycles. The van der Waals surface area contributed by atoms with Crippen molar-refractivity contribution in [3.63, 3.8) is 0 Å². The predicted molar refractivity (Wildman–Crippen MR) is 113 cm³/mol. The lowest BCUT2D eigenvalue weighted by Crippen LogP contribution is -1.97. The van der Waals surface area contributed by atoms with E-state index in [1.54, 1.807) is 42.7 Å². The van der Waals surface area contributed by atoms with Gasteiger partial charge in [0.1, 0.15) is 11.6 Å². The average Bonchev–Trinajstić information content (AvgIpc) is 2.77. The van der Waals surface area contributed by atoms with Crippen molar-refractivity contribution in [1.82, 2.24) is 9.97 Å². The largest absolute Gasteiger partial charge is 0.490 e. The lowest BCUT2D eigenvalue weighted by Gasteiger charge is -2.05. The van der Waals surface area contributed by atoms with Crippen LogP contribution in [0.2, 0.25) is 0 Å². The van der Waals surface area contributed by atoms with Gasteiger partial charge in [-0.05, 0) is 59.7 Å². The summed E-state index contributed by atoms with van der Waals surface area (Å²) < 4.78 is 33.3. The third-order valence-corrected chi connectivity index (χ3v) is 4.47. The molecule has 5 heteroatoms. The Bertz CT molecular complexity index is 1260. The SMILES string of the molecule is CCCOc1cnc(-c2ccc(C#Cc3ccc4cc(F)ccc4c3)c(F)c2)nc1. The Morgan fingerprint density at radius 2 is 1.63 bits per heavy atom. The maximum absolute atomic E-state index is 14.6. The highest BCUT2D eigenvalue weighted by Crippen LogP contribution is 2.20. The third kappa shape index (κ3) is 4.44. The topological polar surface area (TPSA) is 35.0 Å². The van der Waals surface area contributed by atoms with E-state index < -0.39 is 5.82 Å². The second-order valence-corrected chi connectivity index (χ2v) is 6.74. The molecular weight excluding hydrogens is 382 g/mol. The van der Waals surface area contributed by atoms with Gasteiger partial charge in [-0.15, -0.1) is 0 Å². The van der Waals surface area contributed by atoms with Crippen molar-refractivity contribution in [2.45, 2.75) is 13.3 Å². The van der Waals surface area contributed by atoms with E-state index in [0.29, 0.717) is 23.7 Å². The van der Waals surface area contributed by atoms with Gasteiger partial charge >= 0.3 is 0 Å². The van der Waals surface area contributed by atoms with Crippen LogP contribution < -0.4 is 4.74 Å². The molecule has 0 saturated heterocycles. The van der Waals surface area contributed by atoms with Gasteiger partial charge < -0.3 is 4.74 Å². The quantitative estimate of drug-likeness (QED) is 0.408. The zero-order valence-corrected chi connectivity index (χ0v) is 16.3. The van der Waals surface area contributed by atoms with Crippen molar-refractivity contribution in [2.24, 2.45) is 0 Å². The average molecular weight is 400 g/mol. The zero-order valence-electron chi connectivity index (χ0n) is 16.3. The molecule has 0 atom stereocenters. The molecule has 0 amide bonds. The summed E-state index contributed by atoms with van der Waals surface area (Å²) in [6.07, 6.45) is 4.05. The molecule has 4 aromatic rings. The van der Waals surface area contributed by atoms with Crippen LogP contribution in [0.3, 0.4) is 0 Å². The molecule has 0 fully saturated rings. The highest BCUT2D eigenvalue weighted by molar-refractivity contribution is 5.84. The molecule has 0 aliphatic rings. The molecule has 148 valence electrons. The summed E-state index contributed by atoms with van der Waals surface area (Å²) in [5, 5.41) is 1.67. The maximum atomic E-state index is 14.6. The number of nitrogens with zero attached hydrogens (tertiary/aromatic N) is 2. The van der Waals surface area contributed by atoms with Crippen molar-refractivity contribution < 1.29 is 13.5 Å². The molecule has 0 radical (unpaired) electrons. The molecule has 0 aliphatic carbocycles. The minimum absolute atomic E-state index is 0.279. The number of hydrogen-bond acceptors (Lipinski definition) is 3. The van der Waals surface area contributed by atoms with Gasteiger partial charge in [0.25, 0.3) is 0 Å². The van der Waals surface area contributed by atoms with Gasteiger partial charge in [-0.1, -0.05) is 30.9 Å². The molecule has 1 heterocycles. The molecule has 0 N–H and O–H groups in total. The van der Waals surface area contributed by atoms with Crippen LogP contribution in [0.15, 0.2) is 67.0 Å². The molecule has 4 rings (SSSR count). The van der Waals surface area contributed by atoms with E-state index in [-0.39, 0.29) is 11.4 Å². The second kappa shape index (κ2) is 8.71.